The third-order valence-corrected chi connectivity index (χ3v) is 9.54. The van der Waals surface area contributed by atoms with Crippen molar-refractivity contribution in [1.82, 2.24) is 0 Å². The number of anilines is 2. The predicted octanol–water partition coefficient (Wildman–Crippen LogP) is 8.14. The lowest BCUT2D eigenvalue weighted by Gasteiger charge is -2.37. The summed E-state index contributed by atoms with van der Waals surface area (Å²) in [5.74, 6) is -0.912. The highest BCUT2D eigenvalue weighted by Crippen LogP contribution is 2.47. The van der Waals surface area contributed by atoms with E-state index in [2.05, 4.69) is 15.9 Å². The Labute approximate surface area is 257 Å². The lowest BCUT2D eigenvalue weighted by Crippen LogP contribution is -2.48. The van der Waals surface area contributed by atoms with Crippen molar-refractivity contribution in [3.05, 3.63) is 50.4 Å². The zero-order valence-electron chi connectivity index (χ0n) is 23.9. The molecule has 1 aromatic carbocycles. The van der Waals surface area contributed by atoms with Crippen molar-refractivity contribution in [1.29, 1.82) is 0 Å². The predicted molar refractivity (Wildman–Crippen MR) is 168 cm³/mol. The second-order valence-corrected chi connectivity index (χ2v) is 13.4. The number of carbonyl (C=O) groups excluding carboxylic acids is 3. The van der Waals surface area contributed by atoms with E-state index in [0.717, 1.165) is 42.6 Å². The molecule has 0 aliphatic heterocycles. The molecule has 220 valence electrons. The van der Waals surface area contributed by atoms with Crippen molar-refractivity contribution in [2.75, 3.05) is 30.6 Å². The van der Waals surface area contributed by atoms with Crippen LogP contribution in [0.15, 0.2) is 45.6 Å². The second-order valence-electron chi connectivity index (χ2n) is 10.8. The number of hydrogen-bond acceptors (Lipinski definition) is 8. The maximum atomic E-state index is 13.9. The lowest BCUT2D eigenvalue weighted by atomic mass is 9.93. The van der Waals surface area contributed by atoms with Gasteiger partial charge in [-0.05, 0) is 78.7 Å². The minimum Gasteiger partial charge on any atom is -0.479 e. The van der Waals surface area contributed by atoms with Gasteiger partial charge in [0.1, 0.15) is 5.60 Å². The van der Waals surface area contributed by atoms with E-state index in [1.807, 2.05) is 46.0 Å². The molecule has 3 aromatic rings. The fraction of sp³-hybridized carbons (Fsp3) is 0.433. The molecular weight excluding hydrogens is 628 g/mol. The Kier molecular flexibility index (Phi) is 10.1. The molecule has 2 aromatic heterocycles. The van der Waals surface area contributed by atoms with Crippen LogP contribution in [0.4, 0.5) is 16.2 Å². The molecule has 0 spiro atoms. The number of thiophene rings is 2. The smallest absolute Gasteiger partial charge is 0.351 e. The van der Waals surface area contributed by atoms with Crippen LogP contribution in [0.2, 0.25) is 0 Å². The molecule has 0 radical (unpaired) electrons. The number of halogens is 1. The highest BCUT2D eigenvalue weighted by atomic mass is 79.9. The van der Waals surface area contributed by atoms with Gasteiger partial charge in [-0.25, -0.2) is 14.4 Å². The topological polar surface area (TPSA) is 85.4 Å². The molecule has 8 nitrogen and oxygen atoms in total. The van der Waals surface area contributed by atoms with Gasteiger partial charge in [0, 0.05) is 24.2 Å². The fourth-order valence-corrected chi connectivity index (χ4v) is 7.41. The Bertz CT molecular complexity index is 1380. The van der Waals surface area contributed by atoms with Crippen LogP contribution < -0.4 is 14.5 Å². The molecule has 2 amide bonds. The van der Waals surface area contributed by atoms with Gasteiger partial charge in [0.05, 0.1) is 22.1 Å². The van der Waals surface area contributed by atoms with Gasteiger partial charge < -0.3 is 14.2 Å². The Hall–Kier alpha value is -2.89. The van der Waals surface area contributed by atoms with Gasteiger partial charge in [-0.3, -0.25) is 9.80 Å². The van der Waals surface area contributed by atoms with Crippen molar-refractivity contribution < 1.29 is 28.6 Å². The first-order chi connectivity index (χ1) is 19.5. The highest BCUT2D eigenvalue weighted by molar-refractivity contribution is 9.10. The number of esters is 2. The van der Waals surface area contributed by atoms with Gasteiger partial charge in [0.25, 0.3) is 0 Å². The van der Waals surface area contributed by atoms with Crippen LogP contribution >= 0.6 is 38.6 Å². The standard InChI is InChI=1S/C30H35BrN2O6S2/c1-30(2,3)39-23(34)17-38-25-24(31)26(41-27(25)28(35)37-5)19-10-9-13-21(16-19)33(20-11-7-6-8-12-20)29(36)32(4)22-14-15-40-18-22/h9-10,13-16,18,20H,6-8,11-12,17H2,1-5H3. The summed E-state index contributed by atoms with van der Waals surface area (Å²) in [7, 11) is 3.10. The lowest BCUT2D eigenvalue weighted by molar-refractivity contribution is -0.157. The molecule has 1 fully saturated rings. The third kappa shape index (κ3) is 7.50. The summed E-state index contributed by atoms with van der Waals surface area (Å²) >= 11 is 6.35. The van der Waals surface area contributed by atoms with Crippen LogP contribution in [0.5, 0.6) is 5.75 Å². The molecule has 0 saturated heterocycles. The third-order valence-electron chi connectivity index (χ3n) is 6.65. The van der Waals surface area contributed by atoms with Gasteiger partial charge in [0.15, 0.2) is 17.2 Å². The molecule has 4 rings (SSSR count). The number of hydrogen-bond donors (Lipinski definition) is 0. The minimum atomic E-state index is -0.664. The summed E-state index contributed by atoms with van der Waals surface area (Å²) in [6.45, 7) is 4.95. The van der Waals surface area contributed by atoms with Crippen LogP contribution in [-0.2, 0) is 14.3 Å². The second kappa shape index (κ2) is 13.4. The number of ether oxygens (including phenoxy) is 3. The number of rotatable bonds is 8. The summed E-state index contributed by atoms with van der Waals surface area (Å²) in [6.07, 6.45) is 5.20. The molecule has 1 aliphatic rings. The van der Waals surface area contributed by atoms with Gasteiger partial charge in [-0.2, -0.15) is 11.3 Å². The molecule has 2 heterocycles. The first-order valence-electron chi connectivity index (χ1n) is 13.4. The van der Waals surface area contributed by atoms with Crippen LogP contribution in [0.3, 0.4) is 0 Å². The maximum absolute atomic E-state index is 13.9. The quantitative estimate of drug-likeness (QED) is 0.226. The largest absolute Gasteiger partial charge is 0.479 e. The van der Waals surface area contributed by atoms with Crippen molar-refractivity contribution in [3.8, 4) is 16.2 Å². The average Bonchev–Trinajstić information content (AvgIpc) is 3.59. The SMILES string of the molecule is COC(=O)c1sc(-c2cccc(N(C(=O)N(C)c3ccsc3)C3CCCCC3)c2)c(Br)c1OCC(=O)OC(C)(C)C. The van der Waals surface area contributed by atoms with Crippen LogP contribution in [0, 0.1) is 0 Å². The highest BCUT2D eigenvalue weighted by Gasteiger charge is 2.31. The fourth-order valence-electron chi connectivity index (χ4n) is 4.77. The molecule has 11 heteroatoms. The zero-order chi connectivity index (χ0) is 29.7. The van der Waals surface area contributed by atoms with Gasteiger partial charge in [0.2, 0.25) is 0 Å². The van der Waals surface area contributed by atoms with E-state index in [9.17, 15) is 14.4 Å². The molecule has 0 atom stereocenters. The normalized spacial score (nSPS) is 13.9. The number of urea groups is 1. The van der Waals surface area contributed by atoms with E-state index in [1.165, 1.54) is 24.9 Å². The van der Waals surface area contributed by atoms with E-state index in [4.69, 9.17) is 14.2 Å². The minimum absolute atomic E-state index is 0.0812. The summed E-state index contributed by atoms with van der Waals surface area (Å²) < 4.78 is 16.7. The Morgan fingerprint density at radius 2 is 1.80 bits per heavy atom. The summed E-state index contributed by atoms with van der Waals surface area (Å²) in [5.41, 5.74) is 1.76. The number of carbonyl (C=O) groups is 3. The van der Waals surface area contributed by atoms with Gasteiger partial charge >= 0.3 is 18.0 Å². The van der Waals surface area contributed by atoms with Gasteiger partial charge in [-0.1, -0.05) is 31.4 Å². The van der Waals surface area contributed by atoms with Crippen molar-refractivity contribution in [2.24, 2.45) is 0 Å². The van der Waals surface area contributed by atoms with E-state index >= 15 is 0 Å². The monoisotopic (exact) mass is 662 g/mol. The van der Waals surface area contributed by atoms with Crippen LogP contribution in [-0.4, -0.2) is 50.4 Å². The van der Waals surface area contributed by atoms with Crippen molar-refractivity contribution in [3.63, 3.8) is 0 Å². The van der Waals surface area contributed by atoms with E-state index in [-0.39, 0.29) is 29.3 Å². The number of amides is 2. The van der Waals surface area contributed by atoms with Crippen LogP contribution in [0.1, 0.15) is 62.5 Å². The average molecular weight is 664 g/mol. The van der Waals surface area contributed by atoms with E-state index in [0.29, 0.717) is 9.35 Å². The molecule has 0 bridgehead atoms. The van der Waals surface area contributed by atoms with Crippen molar-refractivity contribution in [2.45, 2.75) is 64.5 Å². The van der Waals surface area contributed by atoms with Crippen LogP contribution in [0.25, 0.3) is 10.4 Å². The summed E-state index contributed by atoms with van der Waals surface area (Å²) in [4.78, 5) is 43.5. The summed E-state index contributed by atoms with van der Waals surface area (Å²) in [5, 5.41) is 3.92. The maximum Gasteiger partial charge on any atom is 0.351 e. The number of benzene rings is 1. The molecule has 0 N–H and O–H groups in total. The van der Waals surface area contributed by atoms with E-state index < -0.39 is 17.5 Å². The Balaban J connectivity index is 1.70. The Morgan fingerprint density at radius 3 is 2.44 bits per heavy atom. The Morgan fingerprint density at radius 1 is 1.07 bits per heavy atom. The molecule has 1 saturated carbocycles. The van der Waals surface area contributed by atoms with E-state index in [1.54, 1.807) is 44.1 Å². The molecule has 0 unspecified atom stereocenters. The summed E-state index contributed by atoms with van der Waals surface area (Å²) in [6, 6.07) is 9.67. The number of nitrogens with zero attached hydrogens (tertiary/aromatic N) is 2. The molecule has 41 heavy (non-hydrogen) atoms. The van der Waals surface area contributed by atoms with Crippen molar-refractivity contribution >= 4 is 67.9 Å². The first kappa shape index (κ1) is 31.1. The first-order valence-corrected chi connectivity index (χ1v) is 16.0. The van der Waals surface area contributed by atoms with Gasteiger partial charge in [-0.15, -0.1) is 11.3 Å². The molecular formula is C30H35BrN2O6S2. The molecule has 1 aliphatic carbocycles. The zero-order valence-corrected chi connectivity index (χ0v) is 27.1. The number of methoxy groups -OCH3 is 1.